The standard InChI is InChI=1S/C20H19Cl2NO7S/c1-29-20(26)19(25)23-11-8-14(21)18(15(22)9-11)30-12-6-7-16(24)17(10-12)31(27,28)13-4-2-3-5-13/h6-10,13,24H,2-5H2,1H3,(H,23,25). The number of phenols is 1. The van der Waals surface area contributed by atoms with Gasteiger partial charge in [0, 0.05) is 11.8 Å². The van der Waals surface area contributed by atoms with Crippen LogP contribution in [0.5, 0.6) is 17.2 Å². The molecule has 0 radical (unpaired) electrons. The third-order valence-corrected chi connectivity index (χ3v) is 7.68. The largest absolute Gasteiger partial charge is 0.507 e. The lowest BCUT2D eigenvalue weighted by Crippen LogP contribution is -2.23. The lowest BCUT2D eigenvalue weighted by Gasteiger charge is -2.15. The first-order valence-electron chi connectivity index (χ1n) is 9.26. The fraction of sp³-hybridized carbons (Fsp3) is 0.300. The van der Waals surface area contributed by atoms with Crippen LogP contribution in [-0.2, 0) is 24.2 Å². The summed E-state index contributed by atoms with van der Waals surface area (Å²) in [5.41, 5.74) is 0.132. The number of rotatable bonds is 5. The molecular formula is C20H19Cl2NO7S. The Morgan fingerprint density at radius 2 is 1.71 bits per heavy atom. The molecule has 1 saturated carbocycles. The summed E-state index contributed by atoms with van der Waals surface area (Å²) in [6.07, 6.45) is 2.74. The maximum atomic E-state index is 12.9. The summed E-state index contributed by atoms with van der Waals surface area (Å²) < 4.78 is 35.8. The topological polar surface area (TPSA) is 119 Å². The molecule has 0 bridgehead atoms. The highest BCUT2D eigenvalue weighted by atomic mass is 35.5. The van der Waals surface area contributed by atoms with Crippen molar-refractivity contribution in [3.8, 4) is 17.2 Å². The van der Waals surface area contributed by atoms with Gasteiger partial charge in [-0.2, -0.15) is 0 Å². The van der Waals surface area contributed by atoms with Gasteiger partial charge >= 0.3 is 11.9 Å². The van der Waals surface area contributed by atoms with E-state index in [-0.39, 0.29) is 37.9 Å². The van der Waals surface area contributed by atoms with Gasteiger partial charge in [0.2, 0.25) is 0 Å². The summed E-state index contributed by atoms with van der Waals surface area (Å²) in [6, 6.07) is 6.44. The molecule has 8 nitrogen and oxygen atoms in total. The Labute approximate surface area is 189 Å². The number of benzene rings is 2. The van der Waals surface area contributed by atoms with Gasteiger partial charge in [0.15, 0.2) is 15.6 Å². The zero-order valence-corrected chi connectivity index (χ0v) is 18.7. The van der Waals surface area contributed by atoms with Crippen molar-refractivity contribution in [2.75, 3.05) is 12.4 Å². The summed E-state index contributed by atoms with van der Waals surface area (Å²) >= 11 is 12.4. The number of nitrogens with one attached hydrogen (secondary N) is 1. The lowest BCUT2D eigenvalue weighted by atomic mass is 10.2. The Hall–Kier alpha value is -2.49. The Bertz CT molecular complexity index is 1110. The van der Waals surface area contributed by atoms with Gasteiger partial charge in [-0.25, -0.2) is 13.2 Å². The maximum absolute atomic E-state index is 12.9. The highest BCUT2D eigenvalue weighted by molar-refractivity contribution is 7.92. The summed E-state index contributed by atoms with van der Waals surface area (Å²) in [4.78, 5) is 22.6. The van der Waals surface area contributed by atoms with Crippen LogP contribution in [0.4, 0.5) is 5.69 Å². The summed E-state index contributed by atoms with van der Waals surface area (Å²) in [6.45, 7) is 0. The smallest absolute Gasteiger partial charge is 0.396 e. The highest BCUT2D eigenvalue weighted by Crippen LogP contribution is 2.41. The summed E-state index contributed by atoms with van der Waals surface area (Å²) in [5, 5.41) is 11.9. The minimum absolute atomic E-state index is 0.000871. The molecule has 1 aliphatic carbocycles. The minimum atomic E-state index is -3.72. The molecule has 0 unspecified atom stereocenters. The normalized spacial score (nSPS) is 14.3. The van der Waals surface area contributed by atoms with Crippen LogP contribution in [0.25, 0.3) is 0 Å². The van der Waals surface area contributed by atoms with Gasteiger partial charge in [-0.3, -0.25) is 4.79 Å². The van der Waals surface area contributed by atoms with Crippen molar-refractivity contribution >= 4 is 50.6 Å². The first-order valence-corrected chi connectivity index (χ1v) is 11.6. The average molecular weight is 488 g/mol. The number of phenolic OH excluding ortho intramolecular Hbond substituents is 1. The number of carbonyl (C=O) groups excluding carboxylic acids is 2. The number of hydrogen-bond donors (Lipinski definition) is 2. The van der Waals surface area contributed by atoms with Crippen LogP contribution in [0.1, 0.15) is 25.7 Å². The molecule has 2 N–H and O–H groups in total. The Balaban J connectivity index is 1.87. The van der Waals surface area contributed by atoms with E-state index in [1.165, 1.54) is 30.3 Å². The molecule has 0 saturated heterocycles. The number of esters is 1. The van der Waals surface area contributed by atoms with Crippen LogP contribution >= 0.6 is 23.2 Å². The number of ether oxygens (including phenoxy) is 2. The van der Waals surface area contributed by atoms with E-state index in [1.807, 2.05) is 0 Å². The summed E-state index contributed by atoms with van der Waals surface area (Å²) in [5.74, 6) is -2.35. The lowest BCUT2D eigenvalue weighted by molar-refractivity contribution is -0.150. The first kappa shape index (κ1) is 23.2. The predicted molar refractivity (Wildman–Crippen MR) is 115 cm³/mol. The third kappa shape index (κ3) is 5.06. The van der Waals surface area contributed by atoms with Crippen molar-refractivity contribution in [3.63, 3.8) is 0 Å². The van der Waals surface area contributed by atoms with Crippen molar-refractivity contribution in [2.24, 2.45) is 0 Å². The van der Waals surface area contributed by atoms with Crippen molar-refractivity contribution < 1.29 is 32.6 Å². The van der Waals surface area contributed by atoms with Crippen LogP contribution in [-0.4, -0.2) is 37.8 Å². The van der Waals surface area contributed by atoms with Crippen LogP contribution in [0.15, 0.2) is 35.2 Å². The number of carbonyl (C=O) groups is 2. The minimum Gasteiger partial charge on any atom is -0.507 e. The number of methoxy groups -OCH3 is 1. The molecule has 2 aromatic rings. The SMILES string of the molecule is COC(=O)C(=O)Nc1cc(Cl)c(Oc2ccc(O)c(S(=O)(=O)C3CCCC3)c2)c(Cl)c1. The van der Waals surface area contributed by atoms with Crippen molar-refractivity contribution in [2.45, 2.75) is 35.8 Å². The quantitative estimate of drug-likeness (QED) is 0.475. The number of sulfone groups is 1. The zero-order valence-electron chi connectivity index (χ0n) is 16.4. The van der Waals surface area contributed by atoms with E-state index >= 15 is 0 Å². The van der Waals surface area contributed by atoms with Gasteiger partial charge in [0.25, 0.3) is 0 Å². The second-order valence-corrected chi connectivity index (χ2v) is 9.91. The van der Waals surface area contributed by atoms with E-state index in [1.54, 1.807) is 0 Å². The molecule has 0 atom stereocenters. The van der Waals surface area contributed by atoms with E-state index in [2.05, 4.69) is 10.1 Å². The Morgan fingerprint density at radius 3 is 2.29 bits per heavy atom. The maximum Gasteiger partial charge on any atom is 0.396 e. The van der Waals surface area contributed by atoms with E-state index < -0.39 is 27.0 Å². The zero-order chi connectivity index (χ0) is 22.8. The molecule has 3 rings (SSSR count). The van der Waals surface area contributed by atoms with E-state index in [4.69, 9.17) is 27.9 Å². The second kappa shape index (κ2) is 9.33. The summed E-state index contributed by atoms with van der Waals surface area (Å²) in [7, 11) is -2.66. The number of amides is 1. The van der Waals surface area contributed by atoms with Gasteiger partial charge in [-0.1, -0.05) is 36.0 Å². The van der Waals surface area contributed by atoms with Gasteiger partial charge in [-0.15, -0.1) is 0 Å². The van der Waals surface area contributed by atoms with Crippen molar-refractivity contribution in [1.29, 1.82) is 0 Å². The van der Waals surface area contributed by atoms with Crippen LogP contribution < -0.4 is 10.1 Å². The molecule has 166 valence electrons. The molecule has 0 aliphatic heterocycles. The Morgan fingerprint density at radius 1 is 1.10 bits per heavy atom. The molecule has 1 aliphatic rings. The van der Waals surface area contributed by atoms with Crippen LogP contribution in [0.2, 0.25) is 10.0 Å². The Kier molecular flexibility index (Phi) is 6.98. The van der Waals surface area contributed by atoms with E-state index in [0.717, 1.165) is 20.0 Å². The van der Waals surface area contributed by atoms with Crippen molar-refractivity contribution in [3.05, 3.63) is 40.4 Å². The molecule has 0 spiro atoms. The molecule has 0 heterocycles. The molecule has 11 heteroatoms. The molecule has 0 aromatic heterocycles. The van der Waals surface area contributed by atoms with Crippen molar-refractivity contribution in [1.82, 2.24) is 0 Å². The number of halogens is 2. The number of hydrogen-bond acceptors (Lipinski definition) is 7. The van der Waals surface area contributed by atoms with Gasteiger partial charge in [-0.05, 0) is 37.1 Å². The van der Waals surface area contributed by atoms with Gasteiger partial charge in [0.05, 0.1) is 22.4 Å². The first-order chi connectivity index (χ1) is 14.6. The number of anilines is 1. The van der Waals surface area contributed by atoms with Crippen LogP contribution in [0.3, 0.4) is 0 Å². The second-order valence-electron chi connectivity index (χ2n) is 6.90. The molecular weight excluding hydrogens is 469 g/mol. The highest BCUT2D eigenvalue weighted by Gasteiger charge is 2.32. The van der Waals surface area contributed by atoms with Gasteiger partial charge < -0.3 is 19.9 Å². The molecule has 1 amide bonds. The predicted octanol–water partition coefficient (Wildman–Crippen LogP) is 4.32. The monoisotopic (exact) mass is 487 g/mol. The van der Waals surface area contributed by atoms with E-state index in [0.29, 0.717) is 12.8 Å². The third-order valence-electron chi connectivity index (χ3n) is 4.83. The van der Waals surface area contributed by atoms with Gasteiger partial charge in [0.1, 0.15) is 16.4 Å². The van der Waals surface area contributed by atoms with E-state index in [9.17, 15) is 23.1 Å². The molecule has 2 aromatic carbocycles. The average Bonchev–Trinajstić information content (AvgIpc) is 3.27. The van der Waals surface area contributed by atoms with Crippen LogP contribution in [0, 0.1) is 0 Å². The fourth-order valence-electron chi connectivity index (χ4n) is 3.29. The number of aromatic hydroxyl groups is 1. The molecule has 1 fully saturated rings. The fourth-order valence-corrected chi connectivity index (χ4v) is 5.80. The molecule has 31 heavy (non-hydrogen) atoms.